The van der Waals surface area contributed by atoms with Gasteiger partial charge < -0.3 is 24.6 Å². The molecule has 78 valence electrons. The van der Waals surface area contributed by atoms with Gasteiger partial charge in [0.05, 0.1) is 0 Å². The fourth-order valence-corrected chi connectivity index (χ4v) is 0. The van der Waals surface area contributed by atoms with E-state index >= 15 is 0 Å². The van der Waals surface area contributed by atoms with Crippen molar-refractivity contribution in [3.63, 3.8) is 0 Å². The summed E-state index contributed by atoms with van der Waals surface area (Å²) in [5.41, 5.74) is 0. The van der Waals surface area contributed by atoms with Crippen LogP contribution in [0.3, 0.4) is 0 Å². The minimum Gasteiger partial charge on any atom is -0.344 e. The molecule has 0 amide bonds. The Balaban J connectivity index is -0.000000000833. The third-order valence-electron chi connectivity index (χ3n) is 0. The molecule has 0 spiro atoms. The van der Waals surface area contributed by atoms with Gasteiger partial charge in [0.25, 0.3) is 0 Å². The zero-order valence-electron chi connectivity index (χ0n) is 7.90. The molecule has 14 heteroatoms. The van der Waals surface area contributed by atoms with Crippen molar-refractivity contribution < 1.29 is 86.9 Å². The van der Waals surface area contributed by atoms with Gasteiger partial charge in [-0.15, -0.1) is 0 Å². The van der Waals surface area contributed by atoms with E-state index in [1.54, 1.807) is 0 Å². The summed E-state index contributed by atoms with van der Waals surface area (Å²) in [4.78, 5) is 20.8. The van der Waals surface area contributed by atoms with E-state index in [-0.39, 0.29) is 111 Å². The summed E-state index contributed by atoms with van der Waals surface area (Å²) in [5, 5.41) is 0. The normalized spacial score (nSPS) is 0.429. The van der Waals surface area contributed by atoms with Crippen LogP contribution in [0.4, 0.5) is 0 Å². The van der Waals surface area contributed by atoms with E-state index in [1.807, 2.05) is 0 Å². The Morgan fingerprint density at radius 3 is 0.357 bits per heavy atom. The van der Waals surface area contributed by atoms with Gasteiger partial charge >= 0.3 is 0 Å². The minimum atomic E-state index is 0. The summed E-state index contributed by atoms with van der Waals surface area (Å²) in [5.74, 6) is 0. The van der Waals surface area contributed by atoms with Crippen molar-refractivity contribution in [2.45, 2.75) is 0 Å². The molecular formula is H15N7Si3Ti4. The molecule has 0 saturated heterocycles. The van der Waals surface area contributed by atoms with E-state index in [0.29, 0.717) is 0 Å². The van der Waals surface area contributed by atoms with Crippen molar-refractivity contribution in [1.29, 1.82) is 14.7 Å². The maximum Gasteiger partial charge on any atom is 0.176 e. The molecule has 0 aliphatic heterocycles. The maximum atomic E-state index is 6.92. The van der Waals surface area contributed by atoms with Crippen molar-refractivity contribution in [2.75, 3.05) is 0 Å². The van der Waals surface area contributed by atoms with Gasteiger partial charge in [-0.2, -0.15) is 0 Å². The molecule has 7 nitrogen and oxygen atoms in total. The first kappa shape index (κ1) is 132. The molecule has 0 saturated carbocycles. The molecule has 12 N–H and O–H groups in total. The van der Waals surface area contributed by atoms with Crippen LogP contribution in [0, 0.1) is 14.7 Å². The van der Waals surface area contributed by atoms with Gasteiger partial charge in [-0.05, 0) is 0 Å². The third kappa shape index (κ3) is 428. The predicted octanol–water partition coefficient (Wildman–Crippen LogP) is -1.26. The topological polar surface area (TPSA) is 211 Å². The molecule has 0 fully saturated rings. The van der Waals surface area contributed by atoms with E-state index in [4.69, 9.17) is 14.7 Å². The van der Waals surface area contributed by atoms with Crippen LogP contribution in [0.2, 0.25) is 0 Å². The fraction of sp³-hybridized carbons (Fsp3) is 0. The SMILES string of the molecule is N.N.N.N.N#[SiH].N#[SiH].N#[SiH].[Ti].[Ti].[Ti].[Ti]. The van der Waals surface area contributed by atoms with E-state index in [2.05, 4.69) is 0 Å². The molecule has 0 atom stereocenters. The number of rotatable bonds is 0. The third-order valence-corrected chi connectivity index (χ3v) is 0. The van der Waals surface area contributed by atoms with Gasteiger partial charge in [-0.1, -0.05) is 0 Å². The fourth-order valence-electron chi connectivity index (χ4n) is 0. The molecule has 14 heavy (non-hydrogen) atoms. The van der Waals surface area contributed by atoms with Crippen LogP contribution >= 0.6 is 0 Å². The average Bonchev–Trinajstić information content (AvgIpc) is 1.81. The summed E-state index contributed by atoms with van der Waals surface area (Å²) >= 11 is 0. The molecule has 0 radical (unpaired) electrons. The van der Waals surface area contributed by atoms with Gasteiger partial charge in [0, 0.05) is 86.9 Å². The van der Waals surface area contributed by atoms with Crippen LogP contribution in [0.5, 0.6) is 0 Å². The zero-order chi connectivity index (χ0) is 6.00. The van der Waals surface area contributed by atoms with E-state index in [0.717, 1.165) is 0 Å². The molecule has 0 bridgehead atoms. The quantitative estimate of drug-likeness (QED) is 0.369. The van der Waals surface area contributed by atoms with Crippen molar-refractivity contribution in [2.24, 2.45) is 0 Å². The summed E-state index contributed by atoms with van der Waals surface area (Å²) in [7, 11) is 4.25. The Morgan fingerprint density at radius 1 is 0.357 bits per heavy atom. The molecule has 0 unspecified atom stereocenters. The Hall–Kier alpha value is 2.48. The minimum absolute atomic E-state index is 0. The molecule has 0 rings (SSSR count). The first-order valence-electron chi connectivity index (χ1n) is 0.775. The van der Waals surface area contributed by atoms with Crippen LogP contribution in [-0.2, 0) is 86.9 Å². The maximum absolute atomic E-state index is 6.92. The Kier molecular flexibility index (Phi) is 4970. The van der Waals surface area contributed by atoms with Crippen LogP contribution in [0.25, 0.3) is 0 Å². The van der Waals surface area contributed by atoms with Crippen LogP contribution in [0.1, 0.15) is 0 Å². The largest absolute Gasteiger partial charge is 0.344 e. The van der Waals surface area contributed by atoms with E-state index < -0.39 is 0 Å². The van der Waals surface area contributed by atoms with Gasteiger partial charge in [-0.3, -0.25) is 14.7 Å². The second kappa shape index (κ2) is 528. The van der Waals surface area contributed by atoms with Gasteiger partial charge in [0.2, 0.25) is 0 Å². The smallest absolute Gasteiger partial charge is 0.176 e. The standard InChI is InChI=1S/3HNSi.4H3N.4Ti/c3*1-2;;;;;;;;/h3*2H;4*1H3;;;;. The number of hydrogen-bond acceptors (Lipinski definition) is 7. The molecule has 0 aliphatic rings. The zero-order valence-corrected chi connectivity index (χ0v) is 17.6. The van der Waals surface area contributed by atoms with Crippen molar-refractivity contribution in [1.82, 2.24) is 24.6 Å². The molecule has 0 aromatic carbocycles. The monoisotopic (exact) mass is 389 g/mol. The number of hydrogen-bond donors (Lipinski definition) is 4. The van der Waals surface area contributed by atoms with Crippen molar-refractivity contribution >= 4 is 29.6 Å². The van der Waals surface area contributed by atoms with Crippen LogP contribution < -0.4 is 24.6 Å². The Morgan fingerprint density at radius 2 is 0.357 bits per heavy atom. The van der Waals surface area contributed by atoms with Crippen molar-refractivity contribution in [3.8, 4) is 0 Å². The van der Waals surface area contributed by atoms with Gasteiger partial charge in [-0.25, -0.2) is 0 Å². The summed E-state index contributed by atoms with van der Waals surface area (Å²) in [6.07, 6.45) is 0. The number of nitrogens with zero attached hydrogens (tertiary/aromatic N) is 3. The molecule has 0 aromatic heterocycles. The summed E-state index contributed by atoms with van der Waals surface area (Å²) in [6, 6.07) is 0. The summed E-state index contributed by atoms with van der Waals surface area (Å²) < 4.78 is 0. The average molecular weight is 389 g/mol. The molecule has 0 aromatic rings. The van der Waals surface area contributed by atoms with Crippen LogP contribution in [-0.4, -0.2) is 29.6 Å². The first-order valence-corrected chi connectivity index (χ1v) is 2.32. The van der Waals surface area contributed by atoms with Crippen molar-refractivity contribution in [3.05, 3.63) is 0 Å². The second-order valence-corrected chi connectivity index (χ2v) is 0. The summed E-state index contributed by atoms with van der Waals surface area (Å²) in [6.45, 7) is 0. The Bertz CT molecular complexity index is 49.4. The molecule has 0 aliphatic carbocycles. The van der Waals surface area contributed by atoms with Gasteiger partial charge in [0.1, 0.15) is 0 Å². The van der Waals surface area contributed by atoms with Crippen LogP contribution in [0.15, 0.2) is 0 Å². The second-order valence-electron chi connectivity index (χ2n) is 0. The predicted molar refractivity (Wildman–Crippen MR) is 46.7 cm³/mol. The van der Waals surface area contributed by atoms with E-state index in [9.17, 15) is 0 Å². The first-order chi connectivity index (χ1) is 3.00. The van der Waals surface area contributed by atoms with E-state index in [1.165, 1.54) is 29.6 Å². The Labute approximate surface area is 154 Å². The molecular weight excluding hydrogens is 374 g/mol. The van der Waals surface area contributed by atoms with Gasteiger partial charge in [0.15, 0.2) is 29.6 Å². The molecule has 0 heterocycles.